The predicted molar refractivity (Wildman–Crippen MR) is 141 cm³/mol. The standard InChI is InChI=1S/C26H29N7O5/c1-4-22(36)19-12-28-24(31-23-9-8-16(11-27-23)38-17(13-34)14-35)10-21(19)30-20-7-5-6-18(25(20)37-3)26-29-15-33(2)32-26/h5-12,15,17,34-35H,4,13-14H2,1-3H3,(H2,27,28,30,31). The Bertz CT molecular complexity index is 1390. The lowest BCUT2D eigenvalue weighted by Crippen LogP contribution is -2.25. The van der Waals surface area contributed by atoms with E-state index in [-0.39, 0.29) is 19.0 Å². The number of carbonyl (C=O) groups excluding carboxylic acids is 1. The van der Waals surface area contributed by atoms with Crippen LogP contribution in [0.5, 0.6) is 11.5 Å². The van der Waals surface area contributed by atoms with Gasteiger partial charge < -0.3 is 30.3 Å². The lowest BCUT2D eigenvalue weighted by atomic mass is 10.1. The van der Waals surface area contributed by atoms with E-state index >= 15 is 0 Å². The number of methoxy groups -OCH3 is 1. The van der Waals surface area contributed by atoms with Crippen LogP contribution < -0.4 is 20.1 Å². The molecule has 0 atom stereocenters. The highest BCUT2D eigenvalue weighted by Gasteiger charge is 2.18. The van der Waals surface area contributed by atoms with E-state index in [9.17, 15) is 15.0 Å². The topological polar surface area (TPSA) is 157 Å². The van der Waals surface area contributed by atoms with Crippen LogP contribution in [0.25, 0.3) is 11.4 Å². The fourth-order valence-electron chi connectivity index (χ4n) is 3.66. The van der Waals surface area contributed by atoms with Crippen LogP contribution >= 0.6 is 0 Å². The highest BCUT2D eigenvalue weighted by Crippen LogP contribution is 2.37. The van der Waals surface area contributed by atoms with Gasteiger partial charge in [-0.05, 0) is 24.3 Å². The molecule has 0 saturated heterocycles. The van der Waals surface area contributed by atoms with E-state index in [1.165, 1.54) is 12.4 Å². The molecule has 0 amide bonds. The van der Waals surface area contributed by atoms with E-state index in [1.807, 2.05) is 18.2 Å². The maximum Gasteiger partial charge on any atom is 0.184 e. The maximum absolute atomic E-state index is 12.7. The number of hydrogen-bond acceptors (Lipinski definition) is 11. The highest BCUT2D eigenvalue weighted by atomic mass is 16.5. The fourth-order valence-corrected chi connectivity index (χ4v) is 3.66. The van der Waals surface area contributed by atoms with Crippen molar-refractivity contribution in [3.05, 3.63) is 60.7 Å². The van der Waals surface area contributed by atoms with Crippen LogP contribution in [0.3, 0.4) is 0 Å². The number of hydrogen-bond donors (Lipinski definition) is 4. The van der Waals surface area contributed by atoms with Gasteiger partial charge in [0, 0.05) is 25.7 Å². The largest absolute Gasteiger partial charge is 0.494 e. The van der Waals surface area contributed by atoms with Crippen molar-refractivity contribution in [2.24, 2.45) is 7.05 Å². The van der Waals surface area contributed by atoms with E-state index in [4.69, 9.17) is 9.47 Å². The second-order valence-electron chi connectivity index (χ2n) is 8.25. The molecule has 0 aliphatic heterocycles. The average Bonchev–Trinajstić information content (AvgIpc) is 3.38. The van der Waals surface area contributed by atoms with Crippen LogP contribution in [-0.2, 0) is 7.05 Å². The van der Waals surface area contributed by atoms with Crippen LogP contribution in [0.15, 0.2) is 55.1 Å². The molecular formula is C26H29N7O5. The number of nitrogens with one attached hydrogen (secondary N) is 2. The Morgan fingerprint density at radius 3 is 2.45 bits per heavy atom. The first kappa shape index (κ1) is 26.5. The summed E-state index contributed by atoms with van der Waals surface area (Å²) in [6.45, 7) is 1.16. The van der Waals surface area contributed by atoms with Crippen molar-refractivity contribution in [3.8, 4) is 22.9 Å². The number of para-hydroxylation sites is 1. The van der Waals surface area contributed by atoms with E-state index in [0.29, 0.717) is 57.9 Å². The van der Waals surface area contributed by atoms with Gasteiger partial charge in [0.15, 0.2) is 17.4 Å². The number of benzene rings is 1. The molecule has 4 aromatic rings. The predicted octanol–water partition coefficient (Wildman–Crippen LogP) is 3.09. The molecule has 1 aromatic carbocycles. The van der Waals surface area contributed by atoms with E-state index in [2.05, 4.69) is 30.7 Å². The molecule has 12 nitrogen and oxygen atoms in total. The molecule has 4 rings (SSSR count). The summed E-state index contributed by atoms with van der Waals surface area (Å²) in [4.78, 5) is 25.7. The molecule has 198 valence electrons. The molecule has 0 radical (unpaired) electrons. The van der Waals surface area contributed by atoms with Crippen molar-refractivity contribution in [2.75, 3.05) is 31.0 Å². The lowest BCUT2D eigenvalue weighted by molar-refractivity contribution is 0.0627. The van der Waals surface area contributed by atoms with E-state index in [0.717, 1.165) is 0 Å². The molecule has 38 heavy (non-hydrogen) atoms. The summed E-state index contributed by atoms with van der Waals surface area (Å²) in [7, 11) is 3.35. The van der Waals surface area contributed by atoms with Gasteiger partial charge in [-0.15, -0.1) is 0 Å². The number of ether oxygens (including phenoxy) is 2. The maximum atomic E-state index is 12.7. The number of aromatic nitrogens is 5. The number of ketones is 1. The van der Waals surface area contributed by atoms with Crippen molar-refractivity contribution in [2.45, 2.75) is 19.4 Å². The van der Waals surface area contributed by atoms with Crippen molar-refractivity contribution in [3.63, 3.8) is 0 Å². The van der Waals surface area contributed by atoms with Gasteiger partial charge in [-0.25, -0.2) is 15.0 Å². The molecule has 0 fully saturated rings. The van der Waals surface area contributed by atoms with Gasteiger partial charge in [0.05, 0.1) is 49.0 Å². The number of rotatable bonds is 12. The van der Waals surface area contributed by atoms with Gasteiger partial charge in [0.1, 0.15) is 29.8 Å². The summed E-state index contributed by atoms with van der Waals surface area (Å²) in [5, 5.41) is 29.2. The SMILES string of the molecule is CCC(=O)c1cnc(Nc2ccc(OC(CO)CO)cn2)cc1Nc1cccc(-c2ncn(C)n2)c1OC. The molecule has 3 aromatic heterocycles. The molecule has 0 spiro atoms. The van der Waals surface area contributed by atoms with Crippen molar-refractivity contribution in [1.82, 2.24) is 24.7 Å². The zero-order valence-electron chi connectivity index (χ0n) is 21.3. The molecule has 0 saturated carbocycles. The Morgan fingerprint density at radius 1 is 1.03 bits per heavy atom. The number of aryl methyl sites for hydroxylation is 1. The van der Waals surface area contributed by atoms with E-state index < -0.39 is 6.10 Å². The first-order valence-electron chi connectivity index (χ1n) is 11.9. The van der Waals surface area contributed by atoms with Crippen molar-refractivity contribution < 1.29 is 24.5 Å². The molecule has 4 N–H and O–H groups in total. The number of aliphatic hydroxyl groups is 2. The second kappa shape index (κ2) is 12.1. The number of carbonyl (C=O) groups is 1. The lowest BCUT2D eigenvalue weighted by Gasteiger charge is -2.17. The third-order valence-electron chi connectivity index (χ3n) is 5.56. The van der Waals surface area contributed by atoms with Crippen molar-refractivity contribution in [1.29, 1.82) is 0 Å². The molecular weight excluding hydrogens is 490 g/mol. The van der Waals surface area contributed by atoms with Crippen molar-refractivity contribution >= 4 is 28.8 Å². The third-order valence-corrected chi connectivity index (χ3v) is 5.56. The summed E-state index contributed by atoms with van der Waals surface area (Å²) in [5.41, 5.74) is 2.29. The smallest absolute Gasteiger partial charge is 0.184 e. The fraction of sp³-hybridized carbons (Fsp3) is 0.269. The molecule has 12 heteroatoms. The number of Topliss-reactive ketones (excluding diaryl/α,β-unsaturated/α-hetero) is 1. The van der Waals surface area contributed by atoms with Gasteiger partial charge in [-0.3, -0.25) is 9.48 Å². The highest BCUT2D eigenvalue weighted by molar-refractivity contribution is 6.02. The van der Waals surface area contributed by atoms with Gasteiger partial charge in [0.2, 0.25) is 0 Å². The number of nitrogens with zero attached hydrogens (tertiary/aromatic N) is 5. The summed E-state index contributed by atoms with van der Waals surface area (Å²) in [6, 6.07) is 10.6. The molecule has 0 aliphatic carbocycles. The minimum atomic E-state index is -0.724. The number of aliphatic hydroxyl groups excluding tert-OH is 2. The van der Waals surface area contributed by atoms with Gasteiger partial charge >= 0.3 is 0 Å². The summed E-state index contributed by atoms with van der Waals surface area (Å²) >= 11 is 0. The normalized spacial score (nSPS) is 10.9. The van der Waals surface area contributed by atoms with E-state index in [1.54, 1.807) is 50.3 Å². The van der Waals surface area contributed by atoms with Gasteiger partial charge in [-0.1, -0.05) is 13.0 Å². The summed E-state index contributed by atoms with van der Waals surface area (Å²) in [6.07, 6.45) is 4.18. The first-order chi connectivity index (χ1) is 18.4. The van der Waals surface area contributed by atoms with Gasteiger partial charge in [0.25, 0.3) is 0 Å². The van der Waals surface area contributed by atoms with Gasteiger partial charge in [-0.2, -0.15) is 5.10 Å². The zero-order valence-corrected chi connectivity index (χ0v) is 21.3. The van der Waals surface area contributed by atoms with Crippen LogP contribution in [-0.4, -0.2) is 67.2 Å². The number of anilines is 4. The minimum Gasteiger partial charge on any atom is -0.494 e. The second-order valence-corrected chi connectivity index (χ2v) is 8.25. The quantitative estimate of drug-likeness (QED) is 0.204. The van der Waals surface area contributed by atoms with Crippen LogP contribution in [0.4, 0.5) is 23.0 Å². The number of pyridine rings is 2. The first-order valence-corrected chi connectivity index (χ1v) is 11.9. The molecule has 3 heterocycles. The molecule has 0 bridgehead atoms. The third kappa shape index (κ3) is 6.05. The van der Waals surface area contributed by atoms with Crippen LogP contribution in [0, 0.1) is 0 Å². The summed E-state index contributed by atoms with van der Waals surface area (Å²) < 4.78 is 12.8. The average molecular weight is 520 g/mol. The Hall–Kier alpha value is -4.55. The Morgan fingerprint density at radius 2 is 1.82 bits per heavy atom. The monoisotopic (exact) mass is 519 g/mol. The summed E-state index contributed by atoms with van der Waals surface area (Å²) in [5.74, 6) is 2.30. The minimum absolute atomic E-state index is 0.0741. The van der Waals surface area contributed by atoms with Crippen LogP contribution in [0.1, 0.15) is 23.7 Å². The molecule has 0 unspecified atom stereocenters. The molecule has 0 aliphatic rings. The zero-order chi connectivity index (χ0) is 27.1. The Balaban J connectivity index is 1.62. The Kier molecular flexibility index (Phi) is 8.46. The Labute approximate surface area is 219 Å². The van der Waals surface area contributed by atoms with Crippen LogP contribution in [0.2, 0.25) is 0 Å².